The number of hydrogen-bond acceptors (Lipinski definition) is 5. The zero-order valence-electron chi connectivity index (χ0n) is 11.1. The van der Waals surface area contributed by atoms with Crippen LogP contribution in [0.25, 0.3) is 0 Å². The fourth-order valence-electron chi connectivity index (χ4n) is 1.97. The maximum atomic E-state index is 11.2. The van der Waals surface area contributed by atoms with E-state index < -0.39 is 0 Å². The SMILES string of the molecule is O=C(CCNCCCN1CCNCC1)NCCO. The number of amides is 1. The molecule has 1 aliphatic rings. The van der Waals surface area contributed by atoms with Crippen LogP contribution in [-0.2, 0) is 4.79 Å². The molecule has 1 aliphatic heterocycles. The Labute approximate surface area is 109 Å². The Hall–Kier alpha value is -0.690. The lowest BCUT2D eigenvalue weighted by molar-refractivity contribution is -0.121. The first-order valence-corrected chi connectivity index (χ1v) is 6.84. The minimum atomic E-state index is -0.00125. The van der Waals surface area contributed by atoms with Crippen molar-refractivity contribution in [3.05, 3.63) is 0 Å². The Balaban J connectivity index is 1.84. The summed E-state index contributed by atoms with van der Waals surface area (Å²) in [6, 6.07) is 0. The number of carbonyl (C=O) groups excluding carboxylic acids is 1. The second-order valence-corrected chi connectivity index (χ2v) is 4.52. The zero-order valence-corrected chi connectivity index (χ0v) is 11.1. The minimum absolute atomic E-state index is 0.00125. The van der Waals surface area contributed by atoms with Gasteiger partial charge in [0.15, 0.2) is 0 Å². The molecule has 0 radical (unpaired) electrons. The molecule has 18 heavy (non-hydrogen) atoms. The molecule has 1 saturated heterocycles. The molecule has 0 spiro atoms. The van der Waals surface area contributed by atoms with E-state index in [1.54, 1.807) is 0 Å². The summed E-state index contributed by atoms with van der Waals surface area (Å²) in [6.45, 7) is 7.62. The van der Waals surface area contributed by atoms with E-state index in [0.29, 0.717) is 19.5 Å². The van der Waals surface area contributed by atoms with Crippen LogP contribution in [-0.4, -0.2) is 74.9 Å². The molecule has 6 nitrogen and oxygen atoms in total. The molecule has 1 fully saturated rings. The van der Waals surface area contributed by atoms with Crippen molar-refractivity contribution in [2.45, 2.75) is 12.8 Å². The lowest BCUT2D eigenvalue weighted by Crippen LogP contribution is -2.44. The van der Waals surface area contributed by atoms with Gasteiger partial charge in [0, 0.05) is 45.7 Å². The van der Waals surface area contributed by atoms with Gasteiger partial charge in [-0.25, -0.2) is 0 Å². The van der Waals surface area contributed by atoms with Gasteiger partial charge >= 0.3 is 0 Å². The van der Waals surface area contributed by atoms with Gasteiger partial charge in [0.05, 0.1) is 6.61 Å². The maximum absolute atomic E-state index is 11.2. The molecule has 1 amide bonds. The Kier molecular flexibility index (Phi) is 8.75. The molecule has 0 bridgehead atoms. The normalized spacial score (nSPS) is 16.7. The van der Waals surface area contributed by atoms with Crippen LogP contribution < -0.4 is 16.0 Å². The predicted octanol–water partition coefficient (Wildman–Crippen LogP) is -1.63. The van der Waals surface area contributed by atoms with Gasteiger partial charge in [0.2, 0.25) is 5.91 Å². The smallest absolute Gasteiger partial charge is 0.221 e. The van der Waals surface area contributed by atoms with Crippen molar-refractivity contribution in [2.75, 3.05) is 59.0 Å². The Bertz CT molecular complexity index is 220. The van der Waals surface area contributed by atoms with Gasteiger partial charge in [0.1, 0.15) is 0 Å². The lowest BCUT2D eigenvalue weighted by Gasteiger charge is -2.27. The van der Waals surface area contributed by atoms with Crippen molar-refractivity contribution in [3.8, 4) is 0 Å². The van der Waals surface area contributed by atoms with E-state index in [1.165, 1.54) is 0 Å². The minimum Gasteiger partial charge on any atom is -0.395 e. The van der Waals surface area contributed by atoms with Gasteiger partial charge in [-0.05, 0) is 19.5 Å². The molecule has 0 saturated carbocycles. The van der Waals surface area contributed by atoms with Gasteiger partial charge < -0.3 is 26.0 Å². The second-order valence-electron chi connectivity index (χ2n) is 4.52. The molecule has 4 N–H and O–H groups in total. The number of nitrogens with zero attached hydrogens (tertiary/aromatic N) is 1. The van der Waals surface area contributed by atoms with Crippen LogP contribution >= 0.6 is 0 Å². The van der Waals surface area contributed by atoms with E-state index in [9.17, 15) is 4.79 Å². The third-order valence-electron chi connectivity index (χ3n) is 3.00. The van der Waals surface area contributed by atoms with Crippen LogP contribution in [0.15, 0.2) is 0 Å². The van der Waals surface area contributed by atoms with E-state index in [2.05, 4.69) is 20.9 Å². The Morgan fingerprint density at radius 1 is 1.22 bits per heavy atom. The molecular weight excluding hydrogens is 232 g/mol. The first kappa shape index (κ1) is 15.4. The van der Waals surface area contributed by atoms with Crippen molar-refractivity contribution < 1.29 is 9.90 Å². The third-order valence-corrected chi connectivity index (χ3v) is 3.00. The molecule has 0 unspecified atom stereocenters. The number of piperazine rings is 1. The van der Waals surface area contributed by atoms with Crippen LogP contribution in [0.1, 0.15) is 12.8 Å². The lowest BCUT2D eigenvalue weighted by atomic mass is 10.3. The third kappa shape index (κ3) is 7.60. The van der Waals surface area contributed by atoms with E-state index in [-0.39, 0.29) is 12.5 Å². The molecule has 0 aromatic rings. The van der Waals surface area contributed by atoms with E-state index in [1.807, 2.05) is 0 Å². The molecular formula is C12H26N4O2. The van der Waals surface area contributed by atoms with Crippen LogP contribution in [0.3, 0.4) is 0 Å². The van der Waals surface area contributed by atoms with Crippen molar-refractivity contribution in [1.29, 1.82) is 0 Å². The van der Waals surface area contributed by atoms with Gasteiger partial charge in [-0.2, -0.15) is 0 Å². The monoisotopic (exact) mass is 258 g/mol. The summed E-state index contributed by atoms with van der Waals surface area (Å²) in [7, 11) is 0. The summed E-state index contributed by atoms with van der Waals surface area (Å²) in [5, 5.41) is 17.8. The number of aliphatic hydroxyl groups excluding tert-OH is 1. The molecule has 0 aromatic heterocycles. The van der Waals surface area contributed by atoms with E-state index >= 15 is 0 Å². The van der Waals surface area contributed by atoms with E-state index in [0.717, 1.165) is 45.7 Å². The highest BCUT2D eigenvalue weighted by Crippen LogP contribution is 1.93. The summed E-state index contributed by atoms with van der Waals surface area (Å²) < 4.78 is 0. The van der Waals surface area contributed by atoms with Gasteiger partial charge in [-0.3, -0.25) is 4.79 Å². The number of carbonyl (C=O) groups is 1. The summed E-state index contributed by atoms with van der Waals surface area (Å²) >= 11 is 0. The number of rotatable bonds is 9. The summed E-state index contributed by atoms with van der Waals surface area (Å²) in [6.07, 6.45) is 1.60. The van der Waals surface area contributed by atoms with Crippen LogP contribution in [0.5, 0.6) is 0 Å². The zero-order chi connectivity index (χ0) is 13.1. The first-order chi connectivity index (χ1) is 8.83. The Morgan fingerprint density at radius 3 is 2.72 bits per heavy atom. The first-order valence-electron chi connectivity index (χ1n) is 6.84. The highest BCUT2D eigenvalue weighted by Gasteiger charge is 2.07. The molecule has 0 aliphatic carbocycles. The summed E-state index contributed by atoms with van der Waals surface area (Å²) in [5.74, 6) is -0.00125. The van der Waals surface area contributed by atoms with Crippen molar-refractivity contribution >= 4 is 5.91 Å². The molecule has 106 valence electrons. The topological polar surface area (TPSA) is 76.6 Å². The molecule has 0 aromatic carbocycles. The quantitative estimate of drug-likeness (QED) is 0.374. The second kappa shape index (κ2) is 10.3. The summed E-state index contributed by atoms with van der Waals surface area (Å²) in [4.78, 5) is 13.7. The highest BCUT2D eigenvalue weighted by atomic mass is 16.3. The highest BCUT2D eigenvalue weighted by molar-refractivity contribution is 5.75. The predicted molar refractivity (Wildman–Crippen MR) is 71.5 cm³/mol. The molecule has 1 heterocycles. The van der Waals surface area contributed by atoms with Gasteiger partial charge in [0.25, 0.3) is 0 Å². The number of hydrogen-bond donors (Lipinski definition) is 4. The summed E-state index contributed by atoms with van der Waals surface area (Å²) in [5.41, 5.74) is 0. The standard InChI is InChI=1S/C12H26N4O2/c17-11-7-15-12(18)2-4-13-3-1-8-16-9-5-14-6-10-16/h13-14,17H,1-11H2,(H,15,18). The van der Waals surface area contributed by atoms with Crippen molar-refractivity contribution in [3.63, 3.8) is 0 Å². The average molecular weight is 258 g/mol. The van der Waals surface area contributed by atoms with Crippen LogP contribution in [0.4, 0.5) is 0 Å². The van der Waals surface area contributed by atoms with Gasteiger partial charge in [-0.15, -0.1) is 0 Å². The fraction of sp³-hybridized carbons (Fsp3) is 0.917. The van der Waals surface area contributed by atoms with Crippen molar-refractivity contribution in [2.24, 2.45) is 0 Å². The van der Waals surface area contributed by atoms with Crippen LogP contribution in [0.2, 0.25) is 0 Å². The molecule has 1 rings (SSSR count). The van der Waals surface area contributed by atoms with Gasteiger partial charge in [-0.1, -0.05) is 0 Å². The average Bonchev–Trinajstić information content (AvgIpc) is 2.41. The van der Waals surface area contributed by atoms with Crippen LogP contribution in [0, 0.1) is 0 Å². The van der Waals surface area contributed by atoms with Crippen molar-refractivity contribution in [1.82, 2.24) is 20.9 Å². The fourth-order valence-corrected chi connectivity index (χ4v) is 1.97. The molecule has 0 atom stereocenters. The van der Waals surface area contributed by atoms with E-state index in [4.69, 9.17) is 5.11 Å². The largest absolute Gasteiger partial charge is 0.395 e. The number of nitrogens with one attached hydrogen (secondary N) is 3. The maximum Gasteiger partial charge on any atom is 0.221 e. The molecule has 6 heteroatoms. The number of aliphatic hydroxyl groups is 1. The Morgan fingerprint density at radius 2 is 2.00 bits per heavy atom.